The number of halogens is 2. The summed E-state index contributed by atoms with van der Waals surface area (Å²) in [6.45, 7) is 0. The van der Waals surface area contributed by atoms with Crippen LogP contribution in [-0.4, -0.2) is 11.8 Å². The molecule has 2 aromatic rings. The third-order valence-electron chi connectivity index (χ3n) is 3.55. The van der Waals surface area contributed by atoms with Gasteiger partial charge < -0.3 is 0 Å². The van der Waals surface area contributed by atoms with Crippen LogP contribution in [0.1, 0.15) is 11.1 Å². The summed E-state index contributed by atoms with van der Waals surface area (Å²) in [5.41, 5.74) is 3.86. The maximum atomic E-state index is 12.3. The van der Waals surface area contributed by atoms with Crippen molar-refractivity contribution in [2.24, 2.45) is 0 Å². The number of aryl methyl sites for hydroxylation is 2. The molecule has 4 heteroatoms. The number of fused-ring (bicyclic) bond motifs is 2. The molecule has 0 saturated heterocycles. The van der Waals surface area contributed by atoms with Gasteiger partial charge in [-0.15, -0.1) is 11.6 Å². The Bertz CT molecular complexity index is 669. The van der Waals surface area contributed by atoms with Crippen LogP contribution < -0.4 is 4.90 Å². The van der Waals surface area contributed by atoms with Crippen molar-refractivity contribution in [1.29, 1.82) is 0 Å². The highest BCUT2D eigenvalue weighted by atomic mass is 35.5. The zero-order chi connectivity index (χ0) is 14.1. The van der Waals surface area contributed by atoms with E-state index >= 15 is 0 Å². The first-order valence-corrected chi connectivity index (χ1v) is 7.38. The van der Waals surface area contributed by atoms with Gasteiger partial charge in [-0.05, 0) is 36.1 Å². The van der Waals surface area contributed by atoms with E-state index in [1.165, 1.54) is 0 Å². The van der Waals surface area contributed by atoms with Crippen molar-refractivity contribution in [3.05, 3.63) is 58.6 Å². The fourth-order valence-corrected chi connectivity index (χ4v) is 3.06. The van der Waals surface area contributed by atoms with E-state index in [1.807, 2.05) is 42.5 Å². The van der Waals surface area contributed by atoms with Crippen molar-refractivity contribution in [3.8, 4) is 0 Å². The number of anilines is 2. The second-order valence-corrected chi connectivity index (χ2v) is 5.41. The summed E-state index contributed by atoms with van der Waals surface area (Å²) in [5, 5.41) is 0.581. The van der Waals surface area contributed by atoms with E-state index in [9.17, 15) is 4.79 Å². The Morgan fingerprint density at radius 1 is 1.05 bits per heavy atom. The quantitative estimate of drug-likeness (QED) is 0.718. The van der Waals surface area contributed by atoms with E-state index in [0.717, 1.165) is 35.3 Å². The van der Waals surface area contributed by atoms with Crippen LogP contribution in [0.15, 0.2) is 42.5 Å². The lowest BCUT2D eigenvalue weighted by molar-refractivity contribution is -0.115. The van der Waals surface area contributed by atoms with Crippen molar-refractivity contribution < 1.29 is 4.79 Å². The van der Waals surface area contributed by atoms with Gasteiger partial charge in [0.2, 0.25) is 5.91 Å². The lowest BCUT2D eigenvalue weighted by Gasteiger charge is -2.25. The zero-order valence-electron chi connectivity index (χ0n) is 10.8. The standard InChI is InChI=1S/C16H13Cl2NO/c17-10-15(20)19-14-7-2-1-4-11(14)8-9-12-5-3-6-13(18)16(12)19/h1-7H,8-10H2. The molecule has 0 N–H and O–H groups in total. The SMILES string of the molecule is O=C(CCl)N1c2ccccc2CCc2cccc(Cl)c21. The van der Waals surface area contributed by atoms with Crippen LogP contribution in [0.4, 0.5) is 11.4 Å². The van der Waals surface area contributed by atoms with Gasteiger partial charge >= 0.3 is 0 Å². The van der Waals surface area contributed by atoms with E-state index in [4.69, 9.17) is 23.2 Å². The Morgan fingerprint density at radius 3 is 2.55 bits per heavy atom. The third-order valence-corrected chi connectivity index (χ3v) is 4.09. The number of hydrogen-bond acceptors (Lipinski definition) is 1. The average Bonchev–Trinajstić information content (AvgIpc) is 2.64. The largest absolute Gasteiger partial charge is 0.278 e. The van der Waals surface area contributed by atoms with Crippen molar-refractivity contribution in [3.63, 3.8) is 0 Å². The van der Waals surface area contributed by atoms with Gasteiger partial charge in [0.15, 0.2) is 0 Å². The Hall–Kier alpha value is -1.51. The molecule has 1 aliphatic rings. The summed E-state index contributed by atoms with van der Waals surface area (Å²) in [4.78, 5) is 14.0. The lowest BCUT2D eigenvalue weighted by atomic mass is 10.0. The normalized spacial score (nSPS) is 13.4. The molecule has 0 unspecified atom stereocenters. The molecule has 0 aromatic heterocycles. The maximum absolute atomic E-state index is 12.3. The topological polar surface area (TPSA) is 20.3 Å². The van der Waals surface area contributed by atoms with Gasteiger partial charge in [0.05, 0.1) is 16.4 Å². The molecule has 0 fully saturated rings. The molecule has 0 spiro atoms. The van der Waals surface area contributed by atoms with Crippen LogP contribution in [0.2, 0.25) is 5.02 Å². The molecule has 0 saturated carbocycles. The van der Waals surface area contributed by atoms with Gasteiger partial charge in [-0.3, -0.25) is 9.69 Å². The van der Waals surface area contributed by atoms with Crippen LogP contribution in [0.5, 0.6) is 0 Å². The summed E-state index contributed by atoms with van der Waals surface area (Å²) in [7, 11) is 0. The summed E-state index contributed by atoms with van der Waals surface area (Å²) in [6.07, 6.45) is 1.74. The fraction of sp³-hybridized carbons (Fsp3) is 0.188. The minimum Gasteiger partial charge on any atom is -0.278 e. The Kier molecular flexibility index (Phi) is 3.68. The molecule has 0 atom stereocenters. The predicted molar refractivity (Wildman–Crippen MR) is 83.2 cm³/mol. The second kappa shape index (κ2) is 5.47. The average molecular weight is 306 g/mol. The van der Waals surface area contributed by atoms with Crippen molar-refractivity contribution >= 4 is 40.5 Å². The molecular weight excluding hydrogens is 293 g/mol. The van der Waals surface area contributed by atoms with E-state index in [0.29, 0.717) is 5.02 Å². The second-order valence-electron chi connectivity index (χ2n) is 4.74. The molecule has 0 aliphatic carbocycles. The lowest BCUT2D eigenvalue weighted by Crippen LogP contribution is -2.28. The van der Waals surface area contributed by atoms with E-state index in [-0.39, 0.29) is 11.8 Å². The summed E-state index contributed by atoms with van der Waals surface area (Å²) >= 11 is 12.1. The number of nitrogens with zero attached hydrogens (tertiary/aromatic N) is 1. The van der Waals surface area contributed by atoms with Crippen LogP contribution in [-0.2, 0) is 17.6 Å². The highest BCUT2D eigenvalue weighted by Crippen LogP contribution is 2.40. The maximum Gasteiger partial charge on any atom is 0.246 e. The molecule has 2 nitrogen and oxygen atoms in total. The molecular formula is C16H13Cl2NO. The number of rotatable bonds is 1. The molecule has 1 aliphatic heterocycles. The first kappa shape index (κ1) is 13.5. The van der Waals surface area contributed by atoms with Gasteiger partial charge in [-0.1, -0.05) is 41.9 Å². The molecule has 0 bridgehead atoms. The number of carbonyl (C=O) groups is 1. The molecule has 20 heavy (non-hydrogen) atoms. The number of para-hydroxylation sites is 2. The number of carbonyl (C=O) groups excluding carboxylic acids is 1. The molecule has 3 rings (SSSR count). The first-order valence-electron chi connectivity index (χ1n) is 6.46. The molecule has 1 amide bonds. The highest BCUT2D eigenvalue weighted by molar-refractivity contribution is 6.36. The van der Waals surface area contributed by atoms with E-state index < -0.39 is 0 Å². The first-order chi connectivity index (χ1) is 9.72. The van der Waals surface area contributed by atoms with Gasteiger partial charge in [-0.2, -0.15) is 0 Å². The minimum atomic E-state index is -0.157. The van der Waals surface area contributed by atoms with Crippen LogP contribution in [0, 0.1) is 0 Å². The fourth-order valence-electron chi connectivity index (χ4n) is 2.66. The van der Waals surface area contributed by atoms with Gasteiger partial charge in [0.25, 0.3) is 0 Å². The van der Waals surface area contributed by atoms with Crippen LogP contribution in [0.25, 0.3) is 0 Å². The molecule has 2 aromatic carbocycles. The van der Waals surface area contributed by atoms with Crippen molar-refractivity contribution in [1.82, 2.24) is 0 Å². The Labute approximate surface area is 127 Å². The number of hydrogen-bond donors (Lipinski definition) is 0. The van der Waals surface area contributed by atoms with Crippen molar-refractivity contribution in [2.45, 2.75) is 12.8 Å². The summed E-state index contributed by atoms with van der Waals surface area (Å²) in [5.74, 6) is -0.228. The van der Waals surface area contributed by atoms with Crippen LogP contribution >= 0.6 is 23.2 Å². The number of alkyl halides is 1. The molecule has 102 valence electrons. The summed E-state index contributed by atoms with van der Waals surface area (Å²) < 4.78 is 0. The van der Waals surface area contributed by atoms with Crippen LogP contribution in [0.3, 0.4) is 0 Å². The third kappa shape index (κ3) is 2.19. The van der Waals surface area contributed by atoms with E-state index in [1.54, 1.807) is 4.90 Å². The Morgan fingerprint density at radius 2 is 1.75 bits per heavy atom. The number of benzene rings is 2. The van der Waals surface area contributed by atoms with Gasteiger partial charge in [0, 0.05) is 0 Å². The molecule has 0 radical (unpaired) electrons. The summed E-state index contributed by atoms with van der Waals surface area (Å²) in [6, 6.07) is 13.6. The number of amides is 1. The predicted octanol–water partition coefficient (Wildman–Crippen LogP) is 4.34. The van der Waals surface area contributed by atoms with Gasteiger partial charge in [0.1, 0.15) is 5.88 Å². The van der Waals surface area contributed by atoms with Crippen molar-refractivity contribution in [2.75, 3.05) is 10.8 Å². The smallest absolute Gasteiger partial charge is 0.246 e. The molecule has 1 heterocycles. The monoisotopic (exact) mass is 305 g/mol. The zero-order valence-corrected chi connectivity index (χ0v) is 12.3. The van der Waals surface area contributed by atoms with Gasteiger partial charge in [-0.25, -0.2) is 0 Å². The van der Waals surface area contributed by atoms with E-state index in [2.05, 4.69) is 0 Å². The highest BCUT2D eigenvalue weighted by Gasteiger charge is 2.26. The minimum absolute atomic E-state index is 0.0704. The Balaban J connectivity index is 2.27.